The number of alkyl halides is 3. The number of aryl methyl sites for hydroxylation is 1. The lowest BCUT2D eigenvalue weighted by atomic mass is 10.1. The number of halogens is 3. The first-order valence-corrected chi connectivity index (χ1v) is 6.35. The topological polar surface area (TPSA) is 51.8 Å². The van der Waals surface area contributed by atoms with Crippen molar-refractivity contribution < 1.29 is 13.2 Å². The fourth-order valence-corrected chi connectivity index (χ4v) is 2.29. The molecule has 0 aliphatic rings. The van der Waals surface area contributed by atoms with Gasteiger partial charge in [0.25, 0.3) is 0 Å². The second kappa shape index (κ2) is 6.30. The highest BCUT2D eigenvalue weighted by Gasteiger charge is 2.27. The fraction of sp³-hybridized carbons (Fsp3) is 0.800. The highest BCUT2D eigenvalue weighted by molar-refractivity contribution is 7.05. The first-order chi connectivity index (χ1) is 7.94. The Balaban J connectivity index is 2.46. The Labute approximate surface area is 102 Å². The van der Waals surface area contributed by atoms with Crippen LogP contribution in [-0.4, -0.2) is 15.8 Å². The summed E-state index contributed by atoms with van der Waals surface area (Å²) in [5, 5.41) is 3.95. The molecule has 0 aliphatic carbocycles. The Bertz CT molecular complexity index is 338. The molecule has 1 atom stereocenters. The zero-order valence-corrected chi connectivity index (χ0v) is 10.4. The molecule has 0 radical (unpaired) electrons. The highest BCUT2D eigenvalue weighted by atomic mass is 32.1. The van der Waals surface area contributed by atoms with E-state index in [1.165, 1.54) is 11.5 Å². The molecule has 1 rings (SSSR count). The molecule has 17 heavy (non-hydrogen) atoms. The Hall–Kier alpha value is -0.690. The molecule has 0 aliphatic heterocycles. The summed E-state index contributed by atoms with van der Waals surface area (Å²) < 4.78 is 39.8. The van der Waals surface area contributed by atoms with Crippen LogP contribution in [0.3, 0.4) is 0 Å². The molecular weight excluding hydrogens is 251 g/mol. The molecule has 1 heterocycles. The van der Waals surface area contributed by atoms with Crippen molar-refractivity contribution in [1.29, 1.82) is 0 Å². The van der Waals surface area contributed by atoms with Gasteiger partial charge in [0.15, 0.2) is 0 Å². The molecule has 0 spiro atoms. The van der Waals surface area contributed by atoms with Gasteiger partial charge in [0.1, 0.15) is 0 Å². The average molecular weight is 267 g/mol. The van der Waals surface area contributed by atoms with Crippen molar-refractivity contribution in [3.8, 4) is 0 Å². The van der Waals surface area contributed by atoms with Crippen molar-refractivity contribution in [2.24, 2.45) is 5.73 Å². The lowest BCUT2D eigenvalue weighted by Gasteiger charge is -2.11. The monoisotopic (exact) mass is 267 g/mol. The summed E-state index contributed by atoms with van der Waals surface area (Å²) in [5.74, 6) is 0. The molecule has 1 aromatic heterocycles. The summed E-state index contributed by atoms with van der Waals surface area (Å²) in [5.41, 5.74) is 6.69. The maximum absolute atomic E-state index is 12.0. The van der Waals surface area contributed by atoms with E-state index in [2.05, 4.69) is 9.59 Å². The van der Waals surface area contributed by atoms with Crippen LogP contribution in [0.5, 0.6) is 0 Å². The molecule has 0 bridgehead atoms. The maximum Gasteiger partial charge on any atom is 0.389 e. The molecule has 7 heteroatoms. The second-order valence-corrected chi connectivity index (χ2v) is 4.73. The summed E-state index contributed by atoms with van der Waals surface area (Å²) in [6.45, 7) is 2.01. The van der Waals surface area contributed by atoms with Crippen molar-refractivity contribution >= 4 is 11.5 Å². The van der Waals surface area contributed by atoms with Crippen LogP contribution in [-0.2, 0) is 6.42 Å². The first-order valence-electron chi connectivity index (χ1n) is 5.57. The third-order valence-electron chi connectivity index (χ3n) is 2.38. The van der Waals surface area contributed by atoms with Crippen LogP contribution in [0.15, 0.2) is 0 Å². The van der Waals surface area contributed by atoms with Gasteiger partial charge < -0.3 is 5.73 Å². The second-order valence-electron chi connectivity index (χ2n) is 3.95. The molecule has 1 aromatic rings. The zero-order chi connectivity index (χ0) is 12.9. The minimum atomic E-state index is -4.10. The molecule has 0 aromatic carbocycles. The molecular formula is C10H16F3N3S. The Kier molecular flexibility index (Phi) is 5.32. The van der Waals surface area contributed by atoms with E-state index in [1.807, 2.05) is 6.92 Å². The average Bonchev–Trinajstić information content (AvgIpc) is 2.64. The van der Waals surface area contributed by atoms with Gasteiger partial charge in [-0.3, -0.25) is 0 Å². The third kappa shape index (κ3) is 4.99. The SMILES string of the molecule is CCCc1nnsc1C(N)CCCC(F)(F)F. The lowest BCUT2D eigenvalue weighted by molar-refractivity contribution is -0.135. The molecule has 0 saturated heterocycles. The van der Waals surface area contributed by atoms with Gasteiger partial charge in [-0.2, -0.15) is 13.2 Å². The van der Waals surface area contributed by atoms with E-state index >= 15 is 0 Å². The van der Waals surface area contributed by atoms with Gasteiger partial charge in [0.2, 0.25) is 0 Å². The van der Waals surface area contributed by atoms with Crippen LogP contribution in [0.25, 0.3) is 0 Å². The smallest absolute Gasteiger partial charge is 0.323 e. The molecule has 3 nitrogen and oxygen atoms in total. The van der Waals surface area contributed by atoms with E-state index in [-0.39, 0.29) is 12.5 Å². The summed E-state index contributed by atoms with van der Waals surface area (Å²) in [6.07, 6.45) is -2.81. The van der Waals surface area contributed by atoms with Crippen LogP contribution in [0.4, 0.5) is 13.2 Å². The quantitative estimate of drug-likeness (QED) is 0.861. The largest absolute Gasteiger partial charge is 0.389 e. The molecule has 98 valence electrons. The van der Waals surface area contributed by atoms with E-state index in [4.69, 9.17) is 5.73 Å². The standard InChI is InChI=1S/C10H16F3N3S/c1-2-4-8-9(17-16-15-8)7(14)5-3-6-10(11,12)13/h7H,2-6,14H2,1H3. The van der Waals surface area contributed by atoms with Crippen LogP contribution in [0.2, 0.25) is 0 Å². The van der Waals surface area contributed by atoms with Crippen LogP contribution in [0.1, 0.15) is 49.2 Å². The Morgan fingerprint density at radius 1 is 1.41 bits per heavy atom. The van der Waals surface area contributed by atoms with Gasteiger partial charge in [-0.1, -0.05) is 17.8 Å². The van der Waals surface area contributed by atoms with Gasteiger partial charge in [0.05, 0.1) is 10.6 Å². The Morgan fingerprint density at radius 2 is 2.12 bits per heavy atom. The predicted molar refractivity (Wildman–Crippen MR) is 60.7 cm³/mol. The fourth-order valence-electron chi connectivity index (χ4n) is 1.56. The van der Waals surface area contributed by atoms with E-state index in [1.54, 1.807) is 0 Å². The first kappa shape index (κ1) is 14.4. The number of aromatic nitrogens is 2. The molecule has 1 unspecified atom stereocenters. The summed E-state index contributed by atoms with van der Waals surface area (Å²) >= 11 is 1.19. The van der Waals surface area contributed by atoms with Crippen LogP contribution >= 0.6 is 11.5 Å². The van der Waals surface area contributed by atoms with Gasteiger partial charge in [-0.05, 0) is 30.8 Å². The summed E-state index contributed by atoms with van der Waals surface area (Å²) in [6, 6.07) is -0.376. The molecule has 2 N–H and O–H groups in total. The number of nitrogens with zero attached hydrogens (tertiary/aromatic N) is 2. The summed E-state index contributed by atoms with van der Waals surface area (Å²) in [4.78, 5) is 0.828. The van der Waals surface area contributed by atoms with Crippen molar-refractivity contribution in [2.45, 2.75) is 51.2 Å². The Morgan fingerprint density at radius 3 is 2.71 bits per heavy atom. The maximum atomic E-state index is 12.0. The van der Waals surface area contributed by atoms with Crippen molar-refractivity contribution in [3.05, 3.63) is 10.6 Å². The molecule has 0 fully saturated rings. The van der Waals surface area contributed by atoms with E-state index in [0.29, 0.717) is 6.42 Å². The number of hydrogen-bond donors (Lipinski definition) is 1. The van der Waals surface area contributed by atoms with Crippen molar-refractivity contribution in [3.63, 3.8) is 0 Å². The van der Waals surface area contributed by atoms with E-state index in [9.17, 15) is 13.2 Å². The normalized spacial score (nSPS) is 13.9. The molecule has 0 amide bonds. The van der Waals surface area contributed by atoms with Gasteiger partial charge >= 0.3 is 6.18 Å². The van der Waals surface area contributed by atoms with Crippen LogP contribution in [0, 0.1) is 0 Å². The highest BCUT2D eigenvalue weighted by Crippen LogP contribution is 2.27. The van der Waals surface area contributed by atoms with Crippen LogP contribution < -0.4 is 5.73 Å². The van der Waals surface area contributed by atoms with E-state index in [0.717, 1.165) is 23.4 Å². The van der Waals surface area contributed by atoms with E-state index < -0.39 is 12.6 Å². The van der Waals surface area contributed by atoms with Gasteiger partial charge in [-0.15, -0.1) is 5.10 Å². The van der Waals surface area contributed by atoms with Crippen molar-refractivity contribution in [2.75, 3.05) is 0 Å². The number of hydrogen-bond acceptors (Lipinski definition) is 4. The predicted octanol–water partition coefficient (Wildman–Crippen LogP) is 3.22. The summed E-state index contributed by atoms with van der Waals surface area (Å²) in [7, 11) is 0. The van der Waals surface area contributed by atoms with Gasteiger partial charge in [0, 0.05) is 12.5 Å². The third-order valence-corrected chi connectivity index (χ3v) is 3.28. The molecule has 0 saturated carbocycles. The van der Waals surface area contributed by atoms with Gasteiger partial charge in [-0.25, -0.2) is 0 Å². The minimum Gasteiger partial charge on any atom is -0.323 e. The number of nitrogens with two attached hydrogens (primary N) is 1. The number of rotatable bonds is 6. The minimum absolute atomic E-state index is 0.0497. The zero-order valence-electron chi connectivity index (χ0n) is 9.63. The van der Waals surface area contributed by atoms with Crippen molar-refractivity contribution in [1.82, 2.24) is 9.59 Å². The lowest BCUT2D eigenvalue weighted by Crippen LogP contribution is -2.13.